The van der Waals surface area contributed by atoms with Crippen LogP contribution >= 0.6 is 11.3 Å². The quantitative estimate of drug-likeness (QED) is 0.152. The summed E-state index contributed by atoms with van der Waals surface area (Å²) in [6, 6.07) is 5.92. The molecule has 1 saturated heterocycles. The molecule has 13 nitrogen and oxygen atoms in total. The van der Waals surface area contributed by atoms with Crippen LogP contribution in [0.3, 0.4) is 0 Å². The lowest BCUT2D eigenvalue weighted by Crippen LogP contribution is -2.57. The molecule has 1 saturated carbocycles. The molecule has 48 heavy (non-hydrogen) atoms. The van der Waals surface area contributed by atoms with Crippen molar-refractivity contribution in [1.29, 1.82) is 0 Å². The summed E-state index contributed by atoms with van der Waals surface area (Å²) in [5.74, 6) is -0.992. The number of esters is 1. The molecule has 1 amide bonds. The number of aliphatic hydroxyl groups is 1. The molecular weight excluding hydrogens is 657 g/mol. The van der Waals surface area contributed by atoms with Crippen LogP contribution in [0.15, 0.2) is 35.7 Å². The van der Waals surface area contributed by atoms with Crippen molar-refractivity contribution in [2.24, 2.45) is 17.6 Å². The van der Waals surface area contributed by atoms with Gasteiger partial charge in [0.05, 0.1) is 18.9 Å². The van der Waals surface area contributed by atoms with E-state index >= 15 is 0 Å². The number of carbonyl (C=O) groups is 2. The third-order valence-corrected chi connectivity index (χ3v) is 11.3. The number of rotatable bonds is 17. The molecule has 15 heteroatoms. The van der Waals surface area contributed by atoms with Crippen molar-refractivity contribution in [3.63, 3.8) is 0 Å². The lowest BCUT2D eigenvalue weighted by molar-refractivity contribution is -0.161. The molecule has 1 aromatic carbocycles. The average Bonchev–Trinajstić information content (AvgIpc) is 3.48. The van der Waals surface area contributed by atoms with E-state index in [0.717, 1.165) is 31.2 Å². The lowest BCUT2D eigenvalue weighted by Gasteiger charge is -2.33. The van der Waals surface area contributed by atoms with Crippen LogP contribution in [-0.4, -0.2) is 91.3 Å². The number of nitrogen functional groups attached to an aromatic ring is 1. The highest BCUT2D eigenvalue weighted by Gasteiger charge is 2.36. The number of hydrogen-bond donors (Lipinski definition) is 5. The monoisotopic (exact) mass is 708 g/mol. The number of aromatic nitrogens is 1. The number of ether oxygens (including phenoxy) is 2. The number of morpholine rings is 1. The van der Waals surface area contributed by atoms with Gasteiger partial charge in [-0.2, -0.15) is 17.4 Å². The second-order valence-corrected chi connectivity index (χ2v) is 15.9. The minimum atomic E-state index is -4.07. The SMILES string of the molecule is CC(C)C[C@H](OC(=O)[C@H](Cc1csc(N)n1)NC(=O)[C@H](Cc1ccccc1)NS(=O)(=O)N1CCOCC1)C(O)[C@@H](N)CC1CCCCC1. The molecule has 2 aromatic rings. The van der Waals surface area contributed by atoms with E-state index in [1.165, 1.54) is 22.1 Å². The highest BCUT2D eigenvalue weighted by Crippen LogP contribution is 2.29. The van der Waals surface area contributed by atoms with Crippen LogP contribution in [0.5, 0.6) is 0 Å². The molecule has 1 aliphatic carbocycles. The number of hydrogen-bond acceptors (Lipinski definition) is 11. The number of nitrogens with two attached hydrogens (primary N) is 2. The topological polar surface area (TPSA) is 199 Å². The molecule has 2 aliphatic rings. The van der Waals surface area contributed by atoms with Gasteiger partial charge in [0.15, 0.2) is 5.13 Å². The Kier molecular flexibility index (Phi) is 14.6. The third kappa shape index (κ3) is 11.7. The largest absolute Gasteiger partial charge is 0.458 e. The second-order valence-electron chi connectivity index (χ2n) is 13.3. The van der Waals surface area contributed by atoms with Gasteiger partial charge in [-0.3, -0.25) is 4.79 Å². The molecule has 1 aliphatic heterocycles. The minimum absolute atomic E-state index is 0.0341. The highest BCUT2D eigenvalue weighted by molar-refractivity contribution is 7.87. The van der Waals surface area contributed by atoms with Gasteiger partial charge in [0, 0.05) is 30.9 Å². The number of nitrogens with one attached hydrogen (secondary N) is 2. The number of nitrogens with zero attached hydrogens (tertiary/aromatic N) is 2. The zero-order valence-corrected chi connectivity index (χ0v) is 29.6. The van der Waals surface area contributed by atoms with Gasteiger partial charge in [-0.25, -0.2) is 9.78 Å². The maximum atomic E-state index is 13.9. The van der Waals surface area contributed by atoms with Crippen molar-refractivity contribution in [1.82, 2.24) is 19.3 Å². The summed E-state index contributed by atoms with van der Waals surface area (Å²) in [5, 5.41) is 16.1. The first-order valence-electron chi connectivity index (χ1n) is 16.9. The summed E-state index contributed by atoms with van der Waals surface area (Å²) in [4.78, 5) is 32.1. The number of thiazole rings is 1. The standard InChI is InChI=1S/C33H52N6O7S2/c1-22(2)17-29(30(40)26(34)18-23-9-5-3-6-10-23)46-32(42)28(20-25-21-47-33(35)36-25)37-31(41)27(19-24-11-7-4-8-12-24)38-48(43,44)39-13-15-45-16-14-39/h4,7-8,11-12,21-23,26-30,38,40H,3,5-6,9-10,13-20,34H2,1-2H3,(H2,35,36)(H,37,41)/t26-,27-,28-,29-,30?/m0/s1. The number of amides is 1. The van der Waals surface area contributed by atoms with Crippen molar-refractivity contribution < 1.29 is 32.6 Å². The fourth-order valence-electron chi connectivity index (χ4n) is 6.35. The Hall–Kier alpha value is -2.66. The molecule has 0 bridgehead atoms. The van der Waals surface area contributed by atoms with Crippen LogP contribution in [0, 0.1) is 11.8 Å². The summed E-state index contributed by atoms with van der Waals surface area (Å²) < 4.78 is 41.8. The van der Waals surface area contributed by atoms with E-state index in [-0.39, 0.29) is 45.1 Å². The Labute approximate surface area is 288 Å². The van der Waals surface area contributed by atoms with E-state index in [0.29, 0.717) is 29.6 Å². The smallest absolute Gasteiger partial charge is 0.329 e. The highest BCUT2D eigenvalue weighted by atomic mass is 32.2. The molecule has 5 atom stereocenters. The fraction of sp³-hybridized carbons (Fsp3) is 0.667. The summed E-state index contributed by atoms with van der Waals surface area (Å²) >= 11 is 1.19. The first kappa shape index (κ1) is 38.1. The lowest BCUT2D eigenvalue weighted by atomic mass is 9.83. The van der Waals surface area contributed by atoms with Gasteiger partial charge in [0.25, 0.3) is 10.2 Å². The predicted molar refractivity (Wildman–Crippen MR) is 185 cm³/mol. The zero-order chi connectivity index (χ0) is 34.7. The van der Waals surface area contributed by atoms with Crippen LogP contribution in [-0.2, 0) is 42.1 Å². The predicted octanol–water partition coefficient (Wildman–Crippen LogP) is 2.15. The van der Waals surface area contributed by atoms with Crippen molar-refractivity contribution in [2.75, 3.05) is 32.0 Å². The maximum absolute atomic E-state index is 13.9. The van der Waals surface area contributed by atoms with E-state index in [4.69, 9.17) is 20.9 Å². The van der Waals surface area contributed by atoms with E-state index < -0.39 is 52.4 Å². The zero-order valence-electron chi connectivity index (χ0n) is 28.0. The van der Waals surface area contributed by atoms with Crippen molar-refractivity contribution in [3.8, 4) is 0 Å². The average molecular weight is 709 g/mol. The van der Waals surface area contributed by atoms with Gasteiger partial charge in [-0.15, -0.1) is 11.3 Å². The Bertz CT molecular complexity index is 1400. The van der Waals surface area contributed by atoms with Gasteiger partial charge in [-0.05, 0) is 36.7 Å². The van der Waals surface area contributed by atoms with Crippen LogP contribution in [0.25, 0.3) is 0 Å². The van der Waals surface area contributed by atoms with Crippen LogP contribution < -0.4 is 21.5 Å². The minimum Gasteiger partial charge on any atom is -0.458 e. The molecule has 1 aromatic heterocycles. The molecule has 2 fully saturated rings. The third-order valence-electron chi connectivity index (χ3n) is 8.91. The summed E-state index contributed by atoms with van der Waals surface area (Å²) in [7, 11) is -4.07. The Morgan fingerprint density at radius 3 is 2.42 bits per heavy atom. The number of carbonyl (C=O) groups excluding carboxylic acids is 2. The van der Waals surface area contributed by atoms with Gasteiger partial charge < -0.3 is 31.4 Å². The maximum Gasteiger partial charge on any atom is 0.329 e. The van der Waals surface area contributed by atoms with E-state index in [9.17, 15) is 23.1 Å². The normalized spacial score (nSPS) is 19.7. The molecule has 0 spiro atoms. The van der Waals surface area contributed by atoms with Crippen molar-refractivity contribution in [2.45, 2.75) is 102 Å². The molecule has 7 N–H and O–H groups in total. The van der Waals surface area contributed by atoms with Gasteiger partial charge in [0.1, 0.15) is 24.3 Å². The number of anilines is 1. The van der Waals surface area contributed by atoms with E-state index in [1.54, 1.807) is 29.6 Å². The van der Waals surface area contributed by atoms with Crippen molar-refractivity contribution >= 4 is 38.6 Å². The first-order valence-corrected chi connectivity index (χ1v) is 19.3. The Morgan fingerprint density at radius 2 is 1.79 bits per heavy atom. The molecular formula is C33H52N6O7S2. The Balaban J connectivity index is 1.54. The Morgan fingerprint density at radius 1 is 1.10 bits per heavy atom. The first-order chi connectivity index (χ1) is 22.9. The van der Waals surface area contributed by atoms with Crippen LogP contribution in [0.1, 0.15) is 70.1 Å². The molecule has 4 rings (SSSR count). The molecule has 268 valence electrons. The molecule has 1 unspecified atom stereocenters. The van der Waals surface area contributed by atoms with Crippen LogP contribution in [0.2, 0.25) is 0 Å². The van der Waals surface area contributed by atoms with E-state index in [2.05, 4.69) is 15.0 Å². The van der Waals surface area contributed by atoms with Gasteiger partial charge in [0.2, 0.25) is 5.91 Å². The summed E-state index contributed by atoms with van der Waals surface area (Å²) in [5.41, 5.74) is 13.5. The van der Waals surface area contributed by atoms with E-state index in [1.807, 2.05) is 19.9 Å². The van der Waals surface area contributed by atoms with Gasteiger partial charge >= 0.3 is 5.97 Å². The number of benzene rings is 1. The van der Waals surface area contributed by atoms with Crippen molar-refractivity contribution in [3.05, 3.63) is 47.0 Å². The van der Waals surface area contributed by atoms with Gasteiger partial charge in [-0.1, -0.05) is 76.3 Å². The van der Waals surface area contributed by atoms with Crippen LogP contribution in [0.4, 0.5) is 5.13 Å². The summed E-state index contributed by atoms with van der Waals surface area (Å²) in [6.07, 6.45) is 4.62. The molecule has 0 radical (unpaired) electrons. The summed E-state index contributed by atoms with van der Waals surface area (Å²) in [6.45, 7) is 4.72. The fourth-order valence-corrected chi connectivity index (χ4v) is 8.25. The molecule has 2 heterocycles. The second kappa shape index (κ2) is 18.4. The number of aliphatic hydroxyl groups excluding tert-OH is 1.